The summed E-state index contributed by atoms with van der Waals surface area (Å²) in [5.41, 5.74) is 18.1. The van der Waals surface area contributed by atoms with Crippen LogP contribution in [0.25, 0.3) is 4.85 Å². The van der Waals surface area contributed by atoms with Crippen molar-refractivity contribution >= 4 is 34.8 Å². The van der Waals surface area contributed by atoms with Crippen molar-refractivity contribution in [3.63, 3.8) is 0 Å². The number of aliphatic hydroxyl groups excluding tert-OH is 4. The Morgan fingerprint density at radius 3 is 1.67 bits per heavy atom. The summed E-state index contributed by atoms with van der Waals surface area (Å²) >= 11 is 0. The van der Waals surface area contributed by atoms with E-state index in [0.29, 0.717) is 62.7 Å². The van der Waals surface area contributed by atoms with Crippen LogP contribution in [0.5, 0.6) is 11.5 Å². The summed E-state index contributed by atoms with van der Waals surface area (Å²) in [6.45, 7) is 11.6. The number of amides is 1. The van der Waals surface area contributed by atoms with Crippen LogP contribution in [-0.2, 0) is 57.5 Å². The van der Waals surface area contributed by atoms with Gasteiger partial charge in [-0.25, -0.2) is 9.64 Å². The van der Waals surface area contributed by atoms with E-state index in [4.69, 9.17) is 48.3 Å². The molecule has 0 spiro atoms. The number of hydrogen-bond acceptors (Lipinski definition) is 14. The predicted octanol–water partition coefficient (Wildman–Crippen LogP) is 6.83. The van der Waals surface area contributed by atoms with Crippen LogP contribution in [0.4, 0.5) is 21.9 Å². The number of rotatable bonds is 18. The molecule has 0 unspecified atom stereocenters. The van der Waals surface area contributed by atoms with Gasteiger partial charge in [0.15, 0.2) is 5.69 Å². The highest BCUT2D eigenvalue weighted by molar-refractivity contribution is 5.95. The van der Waals surface area contributed by atoms with Gasteiger partial charge in [0.1, 0.15) is 53.4 Å². The van der Waals surface area contributed by atoms with E-state index in [0.717, 1.165) is 22.4 Å². The first-order chi connectivity index (χ1) is 33.1. The summed E-state index contributed by atoms with van der Waals surface area (Å²) in [5.74, 6) is 0.557. The molecule has 0 aliphatic heterocycles. The van der Waals surface area contributed by atoms with Crippen molar-refractivity contribution in [3.8, 4) is 17.6 Å². The third-order valence-corrected chi connectivity index (χ3v) is 10.2. The molecule has 2 heterocycles. The Kier molecular flexibility index (Phi) is 18.2. The number of amidine groups is 2. The SMILES string of the molecule is N=C(N)c1ccc(COc2c(CO)ncc(CNc3ccc(C(=N)N)cc3)c2CO)cc1.[C-]#[N+]c1ccc(COc2c(CO)ncc(CN(C(=O)OC(C)(C)C)c3ccc(C#N)cc3)c2CO)cc1. The number of hydrogen-bond donors (Lipinski definition) is 9. The molecule has 4 aromatic carbocycles. The highest BCUT2D eigenvalue weighted by atomic mass is 16.6. The Labute approximate surface area is 399 Å². The van der Waals surface area contributed by atoms with Gasteiger partial charge < -0.3 is 51.4 Å². The Bertz CT molecular complexity index is 2800. The quantitative estimate of drug-likeness (QED) is 0.0242. The molecule has 6 aromatic rings. The molecule has 0 aliphatic rings. The Morgan fingerprint density at radius 2 is 1.22 bits per heavy atom. The number of nitrogens with two attached hydrogens (primary N) is 2. The van der Waals surface area contributed by atoms with Gasteiger partial charge in [-0.2, -0.15) is 5.26 Å². The number of benzene rings is 4. The van der Waals surface area contributed by atoms with Crippen LogP contribution in [0, 0.1) is 28.7 Å². The van der Waals surface area contributed by atoms with Crippen molar-refractivity contribution in [3.05, 3.63) is 182 Å². The summed E-state index contributed by atoms with van der Waals surface area (Å²) < 4.78 is 17.5. The zero-order valence-corrected chi connectivity index (χ0v) is 38.4. The lowest BCUT2D eigenvalue weighted by atomic mass is 10.1. The van der Waals surface area contributed by atoms with Crippen LogP contribution < -0.4 is 31.2 Å². The molecule has 11 N–H and O–H groups in total. The zero-order valence-electron chi connectivity index (χ0n) is 38.4. The highest BCUT2D eigenvalue weighted by Gasteiger charge is 2.26. The molecule has 1 amide bonds. The van der Waals surface area contributed by atoms with E-state index >= 15 is 0 Å². The molecule has 69 heavy (non-hydrogen) atoms. The average molecular weight is 935 g/mol. The van der Waals surface area contributed by atoms with Crippen molar-refractivity contribution in [1.29, 1.82) is 16.1 Å². The lowest BCUT2D eigenvalue weighted by molar-refractivity contribution is 0.0577. The van der Waals surface area contributed by atoms with E-state index in [9.17, 15) is 25.2 Å². The van der Waals surface area contributed by atoms with Crippen LogP contribution in [0.15, 0.2) is 109 Å². The van der Waals surface area contributed by atoms with Gasteiger partial charge in [0.25, 0.3) is 0 Å². The van der Waals surface area contributed by atoms with Gasteiger partial charge in [0.05, 0.1) is 51.2 Å². The number of carbonyl (C=O) groups is 1. The fraction of sp³-hybridized carbons (Fsp3) is 0.235. The van der Waals surface area contributed by atoms with Crippen LogP contribution >= 0.6 is 0 Å². The monoisotopic (exact) mass is 934 g/mol. The van der Waals surface area contributed by atoms with E-state index < -0.39 is 24.9 Å². The number of pyridine rings is 2. The second kappa shape index (κ2) is 24.4. The summed E-state index contributed by atoms with van der Waals surface area (Å²) in [6.07, 6.45) is 2.47. The highest BCUT2D eigenvalue weighted by Crippen LogP contribution is 2.31. The number of ether oxygens (including phenoxy) is 3. The molecule has 18 heteroatoms. The van der Waals surface area contributed by atoms with Gasteiger partial charge in [0.2, 0.25) is 0 Å². The Morgan fingerprint density at radius 1 is 0.739 bits per heavy atom. The van der Waals surface area contributed by atoms with E-state index in [2.05, 4.69) is 26.2 Å². The fourth-order valence-electron chi connectivity index (χ4n) is 6.61. The van der Waals surface area contributed by atoms with Crippen molar-refractivity contribution in [2.24, 2.45) is 11.5 Å². The number of nitrogen functional groups attached to an aromatic ring is 2. The second-order valence-corrected chi connectivity index (χ2v) is 16.2. The topological polar surface area (TPSA) is 295 Å². The van der Waals surface area contributed by atoms with Gasteiger partial charge in [-0.05, 0) is 91.6 Å². The minimum atomic E-state index is -0.752. The lowest BCUT2D eigenvalue weighted by Crippen LogP contribution is -2.36. The van der Waals surface area contributed by atoms with E-state index in [-0.39, 0.29) is 56.1 Å². The number of aliphatic hydroxyl groups is 4. The van der Waals surface area contributed by atoms with E-state index in [1.54, 1.807) is 112 Å². The largest absolute Gasteiger partial charge is 0.487 e. The second-order valence-electron chi connectivity index (χ2n) is 16.2. The summed E-state index contributed by atoms with van der Waals surface area (Å²) in [4.78, 5) is 26.5. The fourth-order valence-corrected chi connectivity index (χ4v) is 6.61. The normalized spacial score (nSPS) is 10.7. The van der Waals surface area contributed by atoms with Crippen molar-refractivity contribution in [2.45, 2.75) is 79.1 Å². The molecular formula is C51H54N10O8. The maximum absolute atomic E-state index is 13.2. The zero-order chi connectivity index (χ0) is 50.1. The molecule has 0 atom stereocenters. The molecule has 0 fully saturated rings. The van der Waals surface area contributed by atoms with Crippen molar-refractivity contribution < 1.29 is 39.4 Å². The summed E-state index contributed by atoms with van der Waals surface area (Å²) in [5, 5.41) is 67.1. The molecule has 18 nitrogen and oxygen atoms in total. The van der Waals surface area contributed by atoms with E-state index in [1.165, 1.54) is 11.1 Å². The summed E-state index contributed by atoms with van der Waals surface area (Å²) in [6, 6.07) is 29.6. The summed E-state index contributed by atoms with van der Waals surface area (Å²) in [7, 11) is 0. The minimum absolute atomic E-state index is 0.000586. The van der Waals surface area contributed by atoms with Crippen LogP contribution in [-0.4, -0.2) is 53.8 Å². The first kappa shape index (κ1) is 51.6. The van der Waals surface area contributed by atoms with Crippen molar-refractivity contribution in [2.75, 3.05) is 10.2 Å². The molecule has 0 aliphatic carbocycles. The molecule has 2 aromatic heterocycles. The smallest absolute Gasteiger partial charge is 0.415 e. The van der Waals surface area contributed by atoms with Gasteiger partial charge in [0, 0.05) is 52.6 Å². The molecule has 0 saturated carbocycles. The van der Waals surface area contributed by atoms with Gasteiger partial charge >= 0.3 is 6.09 Å². The third-order valence-electron chi connectivity index (χ3n) is 10.2. The number of anilines is 2. The van der Waals surface area contributed by atoms with Crippen LogP contribution in [0.1, 0.15) is 82.2 Å². The number of carbonyl (C=O) groups excluding carboxylic acids is 1. The average Bonchev–Trinajstić information content (AvgIpc) is 3.35. The van der Waals surface area contributed by atoms with Crippen molar-refractivity contribution in [1.82, 2.24) is 9.97 Å². The maximum Gasteiger partial charge on any atom is 0.415 e. The first-order valence-corrected chi connectivity index (χ1v) is 21.4. The maximum atomic E-state index is 13.2. The van der Waals surface area contributed by atoms with Crippen LogP contribution in [0.2, 0.25) is 0 Å². The molecule has 0 radical (unpaired) electrons. The standard InChI is InChI=1S/C28H28N4O5.C23H26N6O3/c1-28(2,3)37-27(35)32(23-11-7-19(13-29)8-12-23)15-21-14-31-25(17-34)26(24(21)16-33)36-18-20-5-9-22(30-4)10-6-20;24-22(25)15-3-1-14(2-4-15)13-32-21-19(11-30)17(10-29-20(21)12-31)9-28-18-7-5-16(6-8-18)23(26)27/h5-12,14,33-34H,15-18H2,1-3H3;1-8,10,28,30-31H,9,11-13H2,(H3,24,25)(H3,26,27). The molecule has 0 bridgehead atoms. The number of nitriles is 1. The molecule has 6 rings (SSSR count). The molecular weight excluding hydrogens is 881 g/mol. The van der Waals surface area contributed by atoms with Gasteiger partial charge in [-0.1, -0.05) is 48.5 Å². The number of aromatic nitrogens is 2. The molecule has 0 saturated heterocycles. The van der Waals surface area contributed by atoms with Gasteiger partial charge in [-0.15, -0.1) is 0 Å². The molecule has 356 valence electrons. The number of nitrogens with one attached hydrogen (secondary N) is 3. The third kappa shape index (κ3) is 14.3. The Balaban J connectivity index is 0.000000260. The Hall–Kier alpha value is -8.39. The minimum Gasteiger partial charge on any atom is -0.487 e. The number of nitrogens with zero attached hydrogens (tertiary/aromatic N) is 5. The lowest BCUT2D eigenvalue weighted by Gasteiger charge is -2.28. The predicted molar refractivity (Wildman–Crippen MR) is 259 cm³/mol. The van der Waals surface area contributed by atoms with E-state index in [1.807, 2.05) is 12.1 Å². The first-order valence-electron chi connectivity index (χ1n) is 21.4. The van der Waals surface area contributed by atoms with Gasteiger partial charge in [-0.3, -0.25) is 25.7 Å². The van der Waals surface area contributed by atoms with Crippen LogP contribution in [0.3, 0.4) is 0 Å².